The molecule has 11 nitrogen and oxygen atoms in total. The summed E-state index contributed by atoms with van der Waals surface area (Å²) in [4.78, 5) is 36.8. The molecule has 0 radical (unpaired) electrons. The molecule has 3 amide bonds. The third kappa shape index (κ3) is 4.22. The molecule has 0 aliphatic carbocycles. The van der Waals surface area contributed by atoms with E-state index in [-0.39, 0.29) is 29.4 Å². The third-order valence-electron chi connectivity index (χ3n) is 6.08. The predicted octanol–water partition coefficient (Wildman–Crippen LogP) is 3.61. The molecule has 0 spiro atoms. The fourth-order valence-corrected chi connectivity index (χ4v) is 5.65. The van der Waals surface area contributed by atoms with E-state index in [1.807, 2.05) is 30.3 Å². The van der Waals surface area contributed by atoms with Gasteiger partial charge in [0.2, 0.25) is 0 Å². The molecule has 36 heavy (non-hydrogen) atoms. The van der Waals surface area contributed by atoms with Crippen molar-refractivity contribution in [2.75, 3.05) is 18.0 Å². The first-order valence-corrected chi connectivity index (χ1v) is 12.4. The normalized spacial score (nSPS) is 17.0. The summed E-state index contributed by atoms with van der Waals surface area (Å²) in [6, 6.07) is 17.4. The van der Waals surface area contributed by atoms with Crippen molar-refractivity contribution in [1.82, 2.24) is 9.62 Å². The van der Waals surface area contributed by atoms with Gasteiger partial charge in [0.05, 0.1) is 28.1 Å². The monoisotopic (exact) mass is 508 g/mol. The number of hydrogen-bond donors (Lipinski definition) is 1. The first kappa shape index (κ1) is 23.3. The van der Waals surface area contributed by atoms with E-state index in [0.29, 0.717) is 17.7 Å². The van der Waals surface area contributed by atoms with E-state index in [9.17, 15) is 28.1 Å². The highest BCUT2D eigenvalue weighted by Gasteiger charge is 2.39. The van der Waals surface area contributed by atoms with Gasteiger partial charge in [-0.3, -0.25) is 15.0 Å². The van der Waals surface area contributed by atoms with Crippen LogP contribution in [0.3, 0.4) is 0 Å². The number of nitrogens with one attached hydrogen (secondary N) is 1. The molecule has 184 valence electrons. The van der Waals surface area contributed by atoms with Gasteiger partial charge < -0.3 is 10.1 Å². The van der Waals surface area contributed by atoms with Crippen molar-refractivity contribution in [3.8, 4) is 5.75 Å². The third-order valence-corrected chi connectivity index (χ3v) is 7.83. The van der Waals surface area contributed by atoms with Crippen molar-refractivity contribution >= 4 is 33.5 Å². The summed E-state index contributed by atoms with van der Waals surface area (Å²) in [6.07, 6.45) is -0.296. The van der Waals surface area contributed by atoms with Crippen LogP contribution in [0, 0.1) is 10.1 Å². The van der Waals surface area contributed by atoms with E-state index >= 15 is 0 Å². The molecular formula is C24H20N4O7S. The number of amides is 3. The van der Waals surface area contributed by atoms with E-state index in [0.717, 1.165) is 9.87 Å². The maximum absolute atomic E-state index is 13.3. The number of benzene rings is 3. The van der Waals surface area contributed by atoms with Crippen LogP contribution in [0.1, 0.15) is 17.2 Å². The Balaban J connectivity index is 1.32. The lowest BCUT2D eigenvalue weighted by atomic mass is 10.1. The van der Waals surface area contributed by atoms with E-state index in [2.05, 4.69) is 5.32 Å². The summed E-state index contributed by atoms with van der Waals surface area (Å²) < 4.78 is 32.7. The van der Waals surface area contributed by atoms with Gasteiger partial charge in [0.25, 0.3) is 15.7 Å². The van der Waals surface area contributed by atoms with Crippen LogP contribution in [0.25, 0.3) is 0 Å². The van der Waals surface area contributed by atoms with Crippen LogP contribution in [0.5, 0.6) is 5.75 Å². The van der Waals surface area contributed by atoms with E-state index in [1.165, 1.54) is 47.4 Å². The number of ether oxygens (including phenoxy) is 1. The quantitative estimate of drug-likeness (QED) is 0.410. The number of carbonyl (C=O) groups excluding carboxylic acids is 2. The molecule has 3 aromatic carbocycles. The summed E-state index contributed by atoms with van der Waals surface area (Å²) in [6.45, 7) is 0.237. The number of nitro benzene ring substituents is 1. The van der Waals surface area contributed by atoms with Gasteiger partial charge >= 0.3 is 12.1 Å². The number of sulfonamides is 1. The number of nitro groups is 1. The first-order valence-electron chi connectivity index (χ1n) is 11.0. The molecule has 2 aliphatic heterocycles. The minimum Gasteiger partial charge on any atom is -0.410 e. The van der Waals surface area contributed by atoms with Crippen LogP contribution in [-0.2, 0) is 16.4 Å². The van der Waals surface area contributed by atoms with Crippen molar-refractivity contribution in [2.24, 2.45) is 0 Å². The average molecular weight is 509 g/mol. The van der Waals surface area contributed by atoms with Crippen LogP contribution in [0.4, 0.5) is 21.0 Å². The second-order valence-corrected chi connectivity index (χ2v) is 10.1. The van der Waals surface area contributed by atoms with Gasteiger partial charge in [-0.15, -0.1) is 0 Å². The fraction of sp³-hybridized carbons (Fsp3) is 0.167. The molecule has 1 fully saturated rings. The maximum atomic E-state index is 13.3. The highest BCUT2D eigenvalue weighted by Crippen LogP contribution is 2.33. The zero-order valence-electron chi connectivity index (χ0n) is 18.7. The number of hydrogen-bond acceptors (Lipinski definition) is 7. The zero-order chi connectivity index (χ0) is 25.4. The smallest absolute Gasteiger partial charge is 0.410 e. The van der Waals surface area contributed by atoms with Crippen molar-refractivity contribution in [1.29, 1.82) is 0 Å². The second-order valence-electron chi connectivity index (χ2n) is 8.26. The van der Waals surface area contributed by atoms with Crippen LogP contribution in [0.2, 0.25) is 0 Å². The molecular weight excluding hydrogens is 488 g/mol. The van der Waals surface area contributed by atoms with Crippen molar-refractivity contribution in [3.05, 3.63) is 94.0 Å². The Hall–Kier alpha value is -4.45. The fourth-order valence-electron chi connectivity index (χ4n) is 4.24. The number of rotatable bonds is 5. The van der Waals surface area contributed by atoms with E-state index in [4.69, 9.17) is 4.74 Å². The standard InChI is InChI=1S/C24H20N4O7S/c29-23-25-21(16-4-2-1-3-5-16)15-27(23)36(33,34)20-10-11-22-17(14-20)12-13-26(22)24(30)35-19-8-6-18(7-9-19)28(31)32/h1-11,14,21H,12-13,15H2,(H,25,29)/t21-/m1/s1. The van der Waals surface area contributed by atoms with E-state index in [1.54, 1.807) is 0 Å². The number of fused-ring (bicyclic) bond motifs is 1. The minimum absolute atomic E-state index is 0.0318. The van der Waals surface area contributed by atoms with Crippen LogP contribution in [-0.4, -0.2) is 42.9 Å². The average Bonchev–Trinajstić information content (AvgIpc) is 3.48. The molecule has 12 heteroatoms. The number of nitrogens with zero attached hydrogens (tertiary/aromatic N) is 3. The SMILES string of the molecule is O=C(Oc1ccc([N+](=O)[O-])cc1)N1CCc2cc(S(=O)(=O)N3C[C@H](c4ccccc4)NC3=O)ccc21. The summed E-state index contributed by atoms with van der Waals surface area (Å²) in [5.74, 6) is 0.145. The highest BCUT2D eigenvalue weighted by atomic mass is 32.2. The molecule has 0 saturated carbocycles. The Morgan fingerprint density at radius 1 is 1.06 bits per heavy atom. The Labute approximate surface area is 206 Å². The molecule has 5 rings (SSSR count). The van der Waals surface area contributed by atoms with Gasteiger partial charge in [0.15, 0.2) is 0 Å². The summed E-state index contributed by atoms with van der Waals surface area (Å²) in [5.41, 5.74) is 1.79. The number of non-ortho nitro benzene ring substituents is 1. The van der Waals surface area contributed by atoms with Crippen LogP contribution in [0.15, 0.2) is 77.7 Å². The van der Waals surface area contributed by atoms with Gasteiger partial charge in [-0.2, -0.15) is 0 Å². The Kier molecular flexibility index (Phi) is 5.80. The van der Waals surface area contributed by atoms with Crippen LogP contribution < -0.4 is 15.0 Å². The number of carbonyl (C=O) groups is 2. The highest BCUT2D eigenvalue weighted by molar-refractivity contribution is 7.89. The molecule has 1 saturated heterocycles. The summed E-state index contributed by atoms with van der Waals surface area (Å²) in [7, 11) is -4.12. The number of urea groups is 1. The van der Waals surface area contributed by atoms with E-state index < -0.39 is 33.1 Å². The summed E-state index contributed by atoms with van der Waals surface area (Å²) >= 11 is 0. The Morgan fingerprint density at radius 3 is 2.47 bits per heavy atom. The van der Waals surface area contributed by atoms with Gasteiger partial charge in [-0.25, -0.2) is 22.3 Å². The maximum Gasteiger partial charge on any atom is 0.419 e. The van der Waals surface area contributed by atoms with Gasteiger partial charge in [-0.1, -0.05) is 30.3 Å². The second kappa shape index (κ2) is 8.96. The summed E-state index contributed by atoms with van der Waals surface area (Å²) in [5, 5.41) is 13.5. The number of anilines is 1. The first-order chi connectivity index (χ1) is 17.2. The zero-order valence-corrected chi connectivity index (χ0v) is 19.6. The topological polar surface area (TPSA) is 139 Å². The van der Waals surface area contributed by atoms with Gasteiger partial charge in [-0.05, 0) is 47.9 Å². The molecule has 0 unspecified atom stereocenters. The lowest BCUT2D eigenvalue weighted by Gasteiger charge is -2.18. The molecule has 2 aliphatic rings. The van der Waals surface area contributed by atoms with Gasteiger partial charge in [0, 0.05) is 18.7 Å². The lowest BCUT2D eigenvalue weighted by molar-refractivity contribution is -0.384. The Morgan fingerprint density at radius 2 is 1.78 bits per heavy atom. The molecule has 0 aromatic heterocycles. The molecule has 2 heterocycles. The lowest BCUT2D eigenvalue weighted by Crippen LogP contribution is -2.34. The molecule has 1 atom stereocenters. The molecule has 3 aromatic rings. The van der Waals surface area contributed by atoms with Crippen LogP contribution >= 0.6 is 0 Å². The van der Waals surface area contributed by atoms with Crippen molar-refractivity contribution in [2.45, 2.75) is 17.4 Å². The Bertz CT molecular complexity index is 1460. The minimum atomic E-state index is -4.12. The van der Waals surface area contributed by atoms with Crippen molar-refractivity contribution in [3.63, 3.8) is 0 Å². The van der Waals surface area contributed by atoms with Crippen molar-refractivity contribution < 1.29 is 27.7 Å². The van der Waals surface area contributed by atoms with Gasteiger partial charge in [0.1, 0.15) is 5.75 Å². The molecule has 1 N–H and O–H groups in total. The molecule has 0 bridgehead atoms. The largest absolute Gasteiger partial charge is 0.419 e. The predicted molar refractivity (Wildman–Crippen MR) is 128 cm³/mol.